The number of benzene rings is 1. The zero-order valence-electron chi connectivity index (χ0n) is 10.2. The summed E-state index contributed by atoms with van der Waals surface area (Å²) in [5.41, 5.74) is 1.49. The standard InChI is InChI=1S/C14H13ClN2O2/c15-11-3-4-12(14-10(11)2-1-5-16-14)17-7-9(8-18)6-13(17)19/h1-5,9,18H,6-8H2. The van der Waals surface area contributed by atoms with Crippen molar-refractivity contribution in [2.45, 2.75) is 6.42 Å². The van der Waals surface area contributed by atoms with Crippen LogP contribution < -0.4 is 4.90 Å². The molecule has 1 unspecified atom stereocenters. The van der Waals surface area contributed by atoms with E-state index in [1.54, 1.807) is 17.2 Å². The van der Waals surface area contributed by atoms with Crippen LogP contribution in [-0.4, -0.2) is 29.1 Å². The fourth-order valence-corrected chi connectivity index (χ4v) is 2.69. The summed E-state index contributed by atoms with van der Waals surface area (Å²) in [6, 6.07) is 7.30. The lowest BCUT2D eigenvalue weighted by atomic mass is 10.1. The van der Waals surface area contributed by atoms with Gasteiger partial charge in [-0.15, -0.1) is 0 Å². The van der Waals surface area contributed by atoms with E-state index in [2.05, 4.69) is 4.98 Å². The van der Waals surface area contributed by atoms with Crippen molar-refractivity contribution in [3.05, 3.63) is 35.5 Å². The SMILES string of the molecule is O=C1CC(CO)CN1c1ccc(Cl)c2cccnc12. The number of carbonyl (C=O) groups is 1. The molecule has 1 atom stereocenters. The molecule has 4 nitrogen and oxygen atoms in total. The van der Waals surface area contributed by atoms with Gasteiger partial charge in [-0.05, 0) is 24.3 Å². The lowest BCUT2D eigenvalue weighted by Gasteiger charge is -2.18. The van der Waals surface area contributed by atoms with Gasteiger partial charge in [-0.25, -0.2) is 0 Å². The van der Waals surface area contributed by atoms with Crippen molar-refractivity contribution in [2.75, 3.05) is 18.1 Å². The molecule has 2 heterocycles. The summed E-state index contributed by atoms with van der Waals surface area (Å²) >= 11 is 6.14. The first-order chi connectivity index (χ1) is 9.20. The normalized spacial score (nSPS) is 19.4. The minimum atomic E-state index is 0.00180. The quantitative estimate of drug-likeness (QED) is 0.915. The molecule has 1 aromatic heterocycles. The predicted octanol–water partition coefficient (Wildman–Crippen LogP) is 2.23. The predicted molar refractivity (Wildman–Crippen MR) is 74.3 cm³/mol. The summed E-state index contributed by atoms with van der Waals surface area (Å²) in [5, 5.41) is 10.6. The molecule has 1 aliphatic heterocycles. The van der Waals surface area contributed by atoms with E-state index in [1.807, 2.05) is 18.2 Å². The number of fused-ring (bicyclic) bond motifs is 1. The Balaban J connectivity index is 2.11. The summed E-state index contributed by atoms with van der Waals surface area (Å²) in [5.74, 6) is 0.0234. The number of carbonyl (C=O) groups excluding carboxylic acids is 1. The van der Waals surface area contributed by atoms with Crippen LogP contribution in [0.5, 0.6) is 0 Å². The molecule has 1 fully saturated rings. The molecule has 5 heteroatoms. The zero-order chi connectivity index (χ0) is 13.4. The number of aromatic nitrogens is 1. The Kier molecular flexibility index (Phi) is 3.12. The number of nitrogens with zero attached hydrogens (tertiary/aromatic N) is 2. The third-order valence-electron chi connectivity index (χ3n) is 3.45. The van der Waals surface area contributed by atoms with Crippen LogP contribution in [0.1, 0.15) is 6.42 Å². The molecule has 3 rings (SSSR count). The van der Waals surface area contributed by atoms with E-state index in [9.17, 15) is 9.90 Å². The van der Waals surface area contributed by atoms with Gasteiger partial charge in [0.15, 0.2) is 0 Å². The molecule has 98 valence electrons. The first-order valence-corrected chi connectivity index (χ1v) is 6.53. The molecule has 1 saturated heterocycles. The van der Waals surface area contributed by atoms with Gasteiger partial charge >= 0.3 is 0 Å². The van der Waals surface area contributed by atoms with Crippen molar-refractivity contribution < 1.29 is 9.90 Å². The molecule has 1 N–H and O–H groups in total. The van der Waals surface area contributed by atoms with E-state index in [1.165, 1.54) is 0 Å². The average molecular weight is 277 g/mol. The number of halogens is 1. The van der Waals surface area contributed by atoms with E-state index in [0.717, 1.165) is 16.6 Å². The molecule has 0 spiro atoms. The van der Waals surface area contributed by atoms with Crippen molar-refractivity contribution in [3.63, 3.8) is 0 Å². The van der Waals surface area contributed by atoms with Gasteiger partial charge in [0.1, 0.15) is 0 Å². The number of pyridine rings is 1. The first-order valence-electron chi connectivity index (χ1n) is 6.15. The molecule has 0 radical (unpaired) electrons. The number of hydrogen-bond donors (Lipinski definition) is 1. The van der Waals surface area contributed by atoms with Gasteiger partial charge < -0.3 is 10.0 Å². The molecule has 1 amide bonds. The second-order valence-electron chi connectivity index (χ2n) is 4.72. The van der Waals surface area contributed by atoms with Gasteiger partial charge in [-0.1, -0.05) is 11.6 Å². The number of rotatable bonds is 2. The maximum atomic E-state index is 12.0. The summed E-state index contributed by atoms with van der Waals surface area (Å²) < 4.78 is 0. The smallest absolute Gasteiger partial charge is 0.227 e. The van der Waals surface area contributed by atoms with E-state index >= 15 is 0 Å². The highest BCUT2D eigenvalue weighted by Crippen LogP contribution is 2.33. The van der Waals surface area contributed by atoms with E-state index in [-0.39, 0.29) is 18.4 Å². The van der Waals surface area contributed by atoms with E-state index in [4.69, 9.17) is 11.6 Å². The minimum absolute atomic E-state index is 0.00180. The third-order valence-corrected chi connectivity index (χ3v) is 3.78. The fourth-order valence-electron chi connectivity index (χ4n) is 2.48. The van der Waals surface area contributed by atoms with Crippen LogP contribution in [0.2, 0.25) is 5.02 Å². The van der Waals surface area contributed by atoms with Crippen molar-refractivity contribution in [3.8, 4) is 0 Å². The minimum Gasteiger partial charge on any atom is -0.396 e. The molecule has 19 heavy (non-hydrogen) atoms. The van der Waals surface area contributed by atoms with Crippen molar-refractivity contribution >= 4 is 34.1 Å². The van der Waals surface area contributed by atoms with Crippen LogP contribution in [0.15, 0.2) is 30.5 Å². The van der Waals surface area contributed by atoms with Crippen LogP contribution in [0.3, 0.4) is 0 Å². The first kappa shape index (κ1) is 12.4. The highest BCUT2D eigenvalue weighted by molar-refractivity contribution is 6.36. The second kappa shape index (κ2) is 4.79. The van der Waals surface area contributed by atoms with Crippen molar-refractivity contribution in [2.24, 2.45) is 5.92 Å². The Labute approximate surface area is 115 Å². The monoisotopic (exact) mass is 276 g/mol. The Hall–Kier alpha value is -1.65. The summed E-state index contributed by atoms with van der Waals surface area (Å²) in [6.45, 7) is 0.559. The maximum Gasteiger partial charge on any atom is 0.227 e. The number of hydrogen-bond acceptors (Lipinski definition) is 3. The highest BCUT2D eigenvalue weighted by Gasteiger charge is 2.31. The van der Waals surface area contributed by atoms with Gasteiger partial charge in [0.25, 0.3) is 0 Å². The number of aliphatic hydroxyl groups is 1. The summed E-state index contributed by atoms with van der Waals surface area (Å²) in [6.07, 6.45) is 2.07. The van der Waals surface area contributed by atoms with Crippen LogP contribution in [0, 0.1) is 5.92 Å². The molecular formula is C14H13ClN2O2. The van der Waals surface area contributed by atoms with Gasteiger partial charge in [0, 0.05) is 37.1 Å². The van der Waals surface area contributed by atoms with Crippen LogP contribution in [0.25, 0.3) is 10.9 Å². The Bertz CT molecular complexity index is 644. The molecule has 0 saturated carbocycles. The number of aliphatic hydroxyl groups excluding tert-OH is 1. The Morgan fingerprint density at radius 3 is 3.00 bits per heavy atom. The lowest BCUT2D eigenvalue weighted by Crippen LogP contribution is -2.25. The summed E-state index contributed by atoms with van der Waals surface area (Å²) in [7, 11) is 0. The fraction of sp³-hybridized carbons (Fsp3) is 0.286. The van der Waals surface area contributed by atoms with Gasteiger partial charge in [0.05, 0.1) is 16.2 Å². The Morgan fingerprint density at radius 2 is 2.26 bits per heavy atom. The highest BCUT2D eigenvalue weighted by atomic mass is 35.5. The van der Waals surface area contributed by atoms with Crippen LogP contribution in [-0.2, 0) is 4.79 Å². The molecular weight excluding hydrogens is 264 g/mol. The average Bonchev–Trinajstić information content (AvgIpc) is 2.81. The Morgan fingerprint density at radius 1 is 1.42 bits per heavy atom. The topological polar surface area (TPSA) is 53.4 Å². The van der Waals surface area contributed by atoms with Gasteiger partial charge in [0.2, 0.25) is 5.91 Å². The van der Waals surface area contributed by atoms with Crippen molar-refractivity contribution in [1.82, 2.24) is 4.98 Å². The number of anilines is 1. The number of amides is 1. The second-order valence-corrected chi connectivity index (χ2v) is 5.13. The van der Waals surface area contributed by atoms with Crippen LogP contribution in [0.4, 0.5) is 5.69 Å². The zero-order valence-corrected chi connectivity index (χ0v) is 11.0. The maximum absolute atomic E-state index is 12.0. The molecule has 1 aromatic carbocycles. The van der Waals surface area contributed by atoms with Crippen LogP contribution >= 0.6 is 11.6 Å². The summed E-state index contributed by atoms with van der Waals surface area (Å²) in [4.78, 5) is 18.0. The molecule has 2 aromatic rings. The molecule has 1 aliphatic rings. The van der Waals surface area contributed by atoms with Gasteiger partial charge in [-0.3, -0.25) is 9.78 Å². The largest absolute Gasteiger partial charge is 0.396 e. The van der Waals surface area contributed by atoms with E-state index in [0.29, 0.717) is 18.0 Å². The van der Waals surface area contributed by atoms with E-state index < -0.39 is 0 Å². The third kappa shape index (κ3) is 2.07. The molecule has 0 bridgehead atoms. The van der Waals surface area contributed by atoms with Gasteiger partial charge in [-0.2, -0.15) is 0 Å². The molecule has 0 aliphatic carbocycles. The van der Waals surface area contributed by atoms with Crippen molar-refractivity contribution in [1.29, 1.82) is 0 Å². The lowest BCUT2D eigenvalue weighted by molar-refractivity contribution is -0.117.